The van der Waals surface area contributed by atoms with Crippen molar-refractivity contribution in [2.75, 3.05) is 5.32 Å². The fraction of sp³-hybridized carbons (Fsp3) is 0.571. The molecule has 3 N–H and O–H groups in total. The van der Waals surface area contributed by atoms with Gasteiger partial charge in [-0.3, -0.25) is 4.79 Å². The second kappa shape index (κ2) is 4.96. The summed E-state index contributed by atoms with van der Waals surface area (Å²) in [5.41, 5.74) is 5.93. The van der Waals surface area contributed by atoms with E-state index in [1.54, 1.807) is 6.07 Å². The van der Waals surface area contributed by atoms with Gasteiger partial charge < -0.3 is 11.1 Å². The van der Waals surface area contributed by atoms with Crippen LogP contribution in [0, 0.1) is 5.41 Å². The minimum Gasteiger partial charge on any atom is -0.367 e. The van der Waals surface area contributed by atoms with Crippen LogP contribution < -0.4 is 11.1 Å². The van der Waals surface area contributed by atoms with Crippen LogP contribution in [-0.4, -0.2) is 16.9 Å². The first-order chi connectivity index (χ1) is 8.49. The van der Waals surface area contributed by atoms with Crippen molar-refractivity contribution in [3.8, 4) is 0 Å². The Morgan fingerprint density at radius 1 is 1.44 bits per heavy atom. The van der Waals surface area contributed by atoms with Gasteiger partial charge >= 0.3 is 0 Å². The van der Waals surface area contributed by atoms with Gasteiger partial charge in [0, 0.05) is 12.2 Å². The number of hydrogen-bond acceptors (Lipinski definition) is 3. The summed E-state index contributed by atoms with van der Waals surface area (Å²) in [4.78, 5) is 15.2. The zero-order chi connectivity index (χ0) is 13.2. The number of carbonyl (C=O) groups excluding carboxylic acids is 1. The molecular weight excluding hydrogens is 226 g/mol. The van der Waals surface area contributed by atoms with Crippen LogP contribution in [0.3, 0.4) is 0 Å². The third-order valence-electron chi connectivity index (χ3n) is 3.88. The molecule has 98 valence electrons. The Kier molecular flexibility index (Phi) is 3.55. The number of rotatable bonds is 3. The number of carbonyl (C=O) groups is 1. The van der Waals surface area contributed by atoms with Gasteiger partial charge in [-0.1, -0.05) is 26.7 Å². The summed E-state index contributed by atoms with van der Waals surface area (Å²) >= 11 is 0. The number of pyridine rings is 1. The van der Waals surface area contributed by atoms with Crippen molar-refractivity contribution in [3.05, 3.63) is 23.9 Å². The fourth-order valence-corrected chi connectivity index (χ4v) is 2.57. The molecule has 2 rings (SSSR count). The number of nitrogens with two attached hydrogens (primary N) is 1. The molecule has 4 heteroatoms. The summed E-state index contributed by atoms with van der Waals surface area (Å²) in [6.07, 6.45) is 6.51. The average Bonchev–Trinajstić information content (AvgIpc) is 2.32. The normalized spacial score (nSPS) is 22.4. The maximum absolute atomic E-state index is 11.0. The van der Waals surface area contributed by atoms with E-state index in [1.165, 1.54) is 31.9 Å². The first kappa shape index (κ1) is 12.9. The summed E-state index contributed by atoms with van der Waals surface area (Å²) in [5.74, 6) is 0.382. The molecule has 1 aromatic rings. The van der Waals surface area contributed by atoms with Gasteiger partial charge in [0.25, 0.3) is 0 Å². The maximum atomic E-state index is 11.0. The van der Waals surface area contributed by atoms with Crippen molar-refractivity contribution >= 4 is 11.7 Å². The summed E-state index contributed by atoms with van der Waals surface area (Å²) in [5, 5.41) is 3.47. The molecule has 1 atom stereocenters. The summed E-state index contributed by atoms with van der Waals surface area (Å²) in [6, 6.07) is 3.98. The molecule has 0 aliphatic heterocycles. The van der Waals surface area contributed by atoms with Gasteiger partial charge in [-0.05, 0) is 30.4 Å². The largest absolute Gasteiger partial charge is 0.367 e. The van der Waals surface area contributed by atoms with Crippen molar-refractivity contribution < 1.29 is 4.79 Å². The molecule has 1 fully saturated rings. The summed E-state index contributed by atoms with van der Waals surface area (Å²) in [6.45, 7) is 4.59. The molecule has 1 aromatic heterocycles. The minimum atomic E-state index is -0.438. The third kappa shape index (κ3) is 2.81. The van der Waals surface area contributed by atoms with E-state index in [1.807, 2.05) is 6.07 Å². The van der Waals surface area contributed by atoms with Crippen molar-refractivity contribution in [2.45, 2.75) is 45.6 Å². The van der Waals surface area contributed by atoms with Gasteiger partial charge in [0.2, 0.25) is 5.91 Å². The smallest absolute Gasteiger partial charge is 0.250 e. The Labute approximate surface area is 108 Å². The van der Waals surface area contributed by atoms with Gasteiger partial charge in [0.15, 0.2) is 0 Å². The molecule has 0 aromatic carbocycles. The van der Waals surface area contributed by atoms with E-state index < -0.39 is 5.91 Å². The summed E-state index contributed by atoms with van der Waals surface area (Å²) < 4.78 is 0. The Morgan fingerprint density at radius 2 is 2.22 bits per heavy atom. The number of amides is 1. The van der Waals surface area contributed by atoms with Crippen LogP contribution in [0.1, 0.15) is 49.9 Å². The minimum absolute atomic E-state index is 0.294. The lowest BCUT2D eigenvalue weighted by Crippen LogP contribution is -2.39. The fourth-order valence-electron chi connectivity index (χ4n) is 2.57. The highest BCUT2D eigenvalue weighted by molar-refractivity contribution is 5.92. The number of nitrogens with zero attached hydrogens (tertiary/aromatic N) is 1. The lowest BCUT2D eigenvalue weighted by Gasteiger charge is -2.39. The van der Waals surface area contributed by atoms with Gasteiger partial charge in [0.1, 0.15) is 5.82 Å². The van der Waals surface area contributed by atoms with E-state index in [0.717, 1.165) is 5.82 Å². The lowest BCUT2D eigenvalue weighted by molar-refractivity contribution is 0.1000. The van der Waals surface area contributed by atoms with E-state index >= 15 is 0 Å². The van der Waals surface area contributed by atoms with Crippen molar-refractivity contribution in [1.29, 1.82) is 0 Å². The van der Waals surface area contributed by atoms with Crippen molar-refractivity contribution in [1.82, 2.24) is 4.98 Å². The molecule has 0 spiro atoms. The van der Waals surface area contributed by atoms with Crippen molar-refractivity contribution in [3.63, 3.8) is 0 Å². The van der Waals surface area contributed by atoms with Crippen LogP contribution in [-0.2, 0) is 0 Å². The van der Waals surface area contributed by atoms with Crippen LogP contribution in [0.5, 0.6) is 0 Å². The Balaban J connectivity index is 2.06. The first-order valence-corrected chi connectivity index (χ1v) is 6.51. The lowest BCUT2D eigenvalue weighted by atomic mass is 9.73. The summed E-state index contributed by atoms with van der Waals surface area (Å²) in [7, 11) is 0. The number of nitrogens with one attached hydrogen (secondary N) is 1. The number of anilines is 1. The molecule has 1 unspecified atom stereocenters. The van der Waals surface area contributed by atoms with E-state index in [0.29, 0.717) is 17.0 Å². The monoisotopic (exact) mass is 247 g/mol. The zero-order valence-electron chi connectivity index (χ0n) is 11.1. The third-order valence-corrected chi connectivity index (χ3v) is 3.88. The molecule has 0 bridgehead atoms. The molecule has 4 nitrogen and oxygen atoms in total. The Morgan fingerprint density at radius 3 is 2.78 bits per heavy atom. The first-order valence-electron chi connectivity index (χ1n) is 6.51. The SMILES string of the molecule is CC1(C)CCCCC1Nc1ccc(C(N)=O)cn1. The topological polar surface area (TPSA) is 68.0 Å². The maximum Gasteiger partial charge on any atom is 0.250 e. The Bertz CT molecular complexity index is 425. The molecule has 18 heavy (non-hydrogen) atoms. The van der Waals surface area contributed by atoms with E-state index in [4.69, 9.17) is 5.73 Å². The molecular formula is C14H21N3O. The molecule has 0 saturated heterocycles. The molecule has 1 saturated carbocycles. The Hall–Kier alpha value is -1.58. The highest BCUT2D eigenvalue weighted by Gasteiger charge is 2.32. The van der Waals surface area contributed by atoms with Crippen LogP contribution in [0.2, 0.25) is 0 Å². The number of aromatic nitrogens is 1. The molecule has 1 amide bonds. The van der Waals surface area contributed by atoms with Crippen LogP contribution in [0.25, 0.3) is 0 Å². The molecule has 1 aliphatic carbocycles. The molecule has 0 radical (unpaired) electrons. The van der Waals surface area contributed by atoms with Gasteiger partial charge in [-0.2, -0.15) is 0 Å². The second-order valence-electron chi connectivity index (χ2n) is 5.73. The predicted octanol–water partition coefficient (Wildman–Crippen LogP) is 2.56. The quantitative estimate of drug-likeness (QED) is 0.862. The van der Waals surface area contributed by atoms with Gasteiger partial charge in [-0.15, -0.1) is 0 Å². The van der Waals surface area contributed by atoms with Crippen LogP contribution in [0.4, 0.5) is 5.82 Å². The number of primary amides is 1. The van der Waals surface area contributed by atoms with E-state index in [2.05, 4.69) is 24.1 Å². The van der Waals surface area contributed by atoms with E-state index in [9.17, 15) is 4.79 Å². The van der Waals surface area contributed by atoms with Gasteiger partial charge in [0.05, 0.1) is 5.56 Å². The molecule has 1 heterocycles. The van der Waals surface area contributed by atoms with Crippen molar-refractivity contribution in [2.24, 2.45) is 11.1 Å². The number of hydrogen-bond donors (Lipinski definition) is 2. The zero-order valence-corrected chi connectivity index (χ0v) is 11.1. The van der Waals surface area contributed by atoms with Gasteiger partial charge in [-0.25, -0.2) is 4.98 Å². The van der Waals surface area contributed by atoms with Crippen LogP contribution >= 0.6 is 0 Å². The van der Waals surface area contributed by atoms with E-state index in [-0.39, 0.29) is 0 Å². The standard InChI is InChI=1S/C14H21N3O/c1-14(2)8-4-3-5-11(14)17-12-7-6-10(9-16-12)13(15)18/h6-7,9,11H,3-5,8H2,1-2H3,(H2,15,18)(H,16,17). The molecule has 1 aliphatic rings. The average molecular weight is 247 g/mol. The predicted molar refractivity (Wildman–Crippen MR) is 72.4 cm³/mol. The second-order valence-corrected chi connectivity index (χ2v) is 5.73. The highest BCUT2D eigenvalue weighted by atomic mass is 16.1. The highest BCUT2D eigenvalue weighted by Crippen LogP contribution is 2.36. The van der Waals surface area contributed by atoms with Crippen LogP contribution in [0.15, 0.2) is 18.3 Å².